The van der Waals surface area contributed by atoms with Crippen molar-refractivity contribution in [1.82, 2.24) is 4.72 Å². The summed E-state index contributed by atoms with van der Waals surface area (Å²) in [7, 11) is -2.61. The van der Waals surface area contributed by atoms with Gasteiger partial charge in [0, 0.05) is 4.47 Å². The number of anilines is 1. The number of nitrogens with one attached hydrogen (secondary N) is 2. The van der Waals surface area contributed by atoms with Crippen molar-refractivity contribution < 1.29 is 22.3 Å². The molecular weight excluding hydrogens is 451 g/mol. The van der Waals surface area contributed by atoms with Crippen molar-refractivity contribution in [2.45, 2.75) is 17.9 Å². The van der Waals surface area contributed by atoms with Crippen molar-refractivity contribution in [3.05, 3.63) is 51.7 Å². The van der Waals surface area contributed by atoms with E-state index in [1.807, 2.05) is 0 Å². The minimum atomic E-state index is -4.01. The summed E-state index contributed by atoms with van der Waals surface area (Å²) in [6, 6.07) is 6.86. The van der Waals surface area contributed by atoms with E-state index in [2.05, 4.69) is 26.0 Å². The van der Waals surface area contributed by atoms with Crippen molar-refractivity contribution in [2.24, 2.45) is 0 Å². The average molecular weight is 466 g/mol. The van der Waals surface area contributed by atoms with E-state index >= 15 is 0 Å². The molecule has 2 aromatic carbocycles. The van der Waals surface area contributed by atoms with E-state index in [0.29, 0.717) is 10.2 Å². The van der Waals surface area contributed by atoms with Crippen LogP contribution in [0.5, 0.6) is 5.75 Å². The van der Waals surface area contributed by atoms with Gasteiger partial charge in [-0.1, -0.05) is 27.5 Å². The first kappa shape index (κ1) is 20.6. The van der Waals surface area contributed by atoms with Gasteiger partial charge in [0.2, 0.25) is 15.9 Å². The summed E-state index contributed by atoms with van der Waals surface area (Å²) >= 11 is 9.04. The van der Waals surface area contributed by atoms with E-state index in [1.165, 1.54) is 44.4 Å². The monoisotopic (exact) mass is 464 g/mol. The van der Waals surface area contributed by atoms with Crippen LogP contribution in [0, 0.1) is 5.82 Å². The highest BCUT2D eigenvalue weighted by atomic mass is 79.9. The fourth-order valence-electron chi connectivity index (χ4n) is 2.00. The minimum absolute atomic E-state index is 0.0586. The van der Waals surface area contributed by atoms with E-state index < -0.39 is 27.8 Å². The molecule has 0 aliphatic carbocycles. The number of sulfonamides is 1. The average Bonchev–Trinajstić information content (AvgIpc) is 2.56. The second-order valence-electron chi connectivity index (χ2n) is 5.25. The number of carbonyl (C=O) groups is 1. The molecular formula is C16H15BrClFN2O4S. The Morgan fingerprint density at radius 2 is 1.96 bits per heavy atom. The van der Waals surface area contributed by atoms with Gasteiger partial charge in [0.05, 0.1) is 28.8 Å². The molecule has 0 bridgehead atoms. The van der Waals surface area contributed by atoms with Gasteiger partial charge in [-0.2, -0.15) is 4.72 Å². The summed E-state index contributed by atoms with van der Waals surface area (Å²) in [6.07, 6.45) is 0. The molecule has 0 aliphatic heterocycles. The van der Waals surface area contributed by atoms with Gasteiger partial charge in [0.15, 0.2) is 0 Å². The molecule has 0 saturated heterocycles. The fraction of sp³-hybridized carbons (Fsp3) is 0.188. The molecule has 0 aliphatic rings. The first-order valence-corrected chi connectivity index (χ1v) is 9.91. The molecule has 0 radical (unpaired) electrons. The molecule has 0 spiro atoms. The molecule has 2 rings (SSSR count). The van der Waals surface area contributed by atoms with Crippen LogP contribution in [0.1, 0.15) is 6.92 Å². The largest absolute Gasteiger partial charge is 0.495 e. The number of amides is 1. The predicted molar refractivity (Wildman–Crippen MR) is 101 cm³/mol. The molecule has 2 aromatic rings. The van der Waals surface area contributed by atoms with Gasteiger partial charge in [0.1, 0.15) is 11.6 Å². The van der Waals surface area contributed by atoms with Crippen LogP contribution < -0.4 is 14.8 Å². The smallest absolute Gasteiger partial charge is 0.242 e. The first-order valence-electron chi connectivity index (χ1n) is 7.26. The van der Waals surface area contributed by atoms with Gasteiger partial charge < -0.3 is 10.1 Å². The van der Waals surface area contributed by atoms with E-state index in [0.717, 1.165) is 0 Å². The number of benzene rings is 2. The summed E-state index contributed by atoms with van der Waals surface area (Å²) in [5, 5.41) is 2.45. The lowest BCUT2D eigenvalue weighted by Gasteiger charge is -2.15. The molecule has 0 aromatic heterocycles. The third-order valence-corrected chi connectivity index (χ3v) is 5.67. The highest BCUT2D eigenvalue weighted by Crippen LogP contribution is 2.27. The van der Waals surface area contributed by atoms with Gasteiger partial charge in [0.25, 0.3) is 0 Å². The summed E-state index contributed by atoms with van der Waals surface area (Å²) in [6.45, 7) is 1.34. The summed E-state index contributed by atoms with van der Waals surface area (Å²) in [5.74, 6) is -1.04. The van der Waals surface area contributed by atoms with Crippen LogP contribution in [0.25, 0.3) is 0 Å². The fourth-order valence-corrected chi connectivity index (χ4v) is 3.88. The number of hydrogen-bond donors (Lipinski definition) is 2. The molecule has 0 fully saturated rings. The van der Waals surface area contributed by atoms with Gasteiger partial charge in [-0.15, -0.1) is 0 Å². The van der Waals surface area contributed by atoms with Gasteiger partial charge in [-0.3, -0.25) is 4.79 Å². The van der Waals surface area contributed by atoms with Crippen LogP contribution in [0.3, 0.4) is 0 Å². The van der Waals surface area contributed by atoms with Gasteiger partial charge >= 0.3 is 0 Å². The Hall–Kier alpha value is -1.68. The Balaban J connectivity index is 2.13. The van der Waals surface area contributed by atoms with Crippen LogP contribution >= 0.6 is 27.5 Å². The number of halogens is 3. The summed E-state index contributed by atoms with van der Waals surface area (Å²) in [4.78, 5) is 12.0. The van der Waals surface area contributed by atoms with Crippen LogP contribution in [-0.2, 0) is 14.8 Å². The Bertz CT molecular complexity index is 940. The van der Waals surface area contributed by atoms with E-state index in [9.17, 15) is 17.6 Å². The standard InChI is InChI=1S/C16H15BrClFN2O4S/c1-9(16(22)20-14-5-3-10(17)7-13(14)19)21-26(23,24)11-4-6-15(25-2)12(18)8-11/h3-9,21H,1-2H3,(H,20,22)/t9-/m1/s1. The number of rotatable bonds is 6. The summed E-state index contributed by atoms with van der Waals surface area (Å²) in [5.41, 5.74) is -0.0586. The van der Waals surface area contributed by atoms with Crippen LogP contribution in [0.15, 0.2) is 45.8 Å². The molecule has 2 N–H and O–H groups in total. The van der Waals surface area contributed by atoms with E-state index in [4.69, 9.17) is 16.3 Å². The Morgan fingerprint density at radius 1 is 1.27 bits per heavy atom. The highest BCUT2D eigenvalue weighted by molar-refractivity contribution is 9.10. The number of ether oxygens (including phenoxy) is 1. The zero-order valence-electron chi connectivity index (χ0n) is 13.7. The zero-order valence-corrected chi connectivity index (χ0v) is 16.9. The first-order chi connectivity index (χ1) is 12.1. The summed E-state index contributed by atoms with van der Waals surface area (Å²) < 4.78 is 46.3. The highest BCUT2D eigenvalue weighted by Gasteiger charge is 2.23. The molecule has 1 atom stereocenters. The third kappa shape index (κ3) is 4.94. The lowest BCUT2D eigenvalue weighted by Crippen LogP contribution is -2.41. The molecule has 140 valence electrons. The zero-order chi connectivity index (χ0) is 19.5. The van der Waals surface area contributed by atoms with Crippen molar-refractivity contribution in [2.75, 3.05) is 12.4 Å². The van der Waals surface area contributed by atoms with E-state index in [1.54, 1.807) is 6.07 Å². The Labute approximate surface area is 163 Å². The van der Waals surface area contributed by atoms with Crippen molar-refractivity contribution in [1.29, 1.82) is 0 Å². The van der Waals surface area contributed by atoms with Crippen molar-refractivity contribution in [3.63, 3.8) is 0 Å². The second kappa shape index (κ2) is 8.34. The maximum absolute atomic E-state index is 13.8. The predicted octanol–water partition coefficient (Wildman–Crippen LogP) is 3.56. The topological polar surface area (TPSA) is 84.5 Å². The van der Waals surface area contributed by atoms with Crippen LogP contribution in [-0.4, -0.2) is 27.5 Å². The van der Waals surface area contributed by atoms with Crippen molar-refractivity contribution >= 4 is 49.1 Å². The Morgan fingerprint density at radius 3 is 2.54 bits per heavy atom. The normalized spacial score (nSPS) is 12.5. The molecule has 26 heavy (non-hydrogen) atoms. The quantitative estimate of drug-likeness (QED) is 0.683. The van der Waals surface area contributed by atoms with Crippen LogP contribution in [0.2, 0.25) is 5.02 Å². The molecule has 10 heteroatoms. The molecule has 0 unspecified atom stereocenters. The maximum Gasteiger partial charge on any atom is 0.242 e. The third-order valence-electron chi connectivity index (χ3n) is 3.35. The molecule has 0 heterocycles. The van der Waals surface area contributed by atoms with Gasteiger partial charge in [-0.25, -0.2) is 12.8 Å². The lowest BCUT2D eigenvalue weighted by molar-refractivity contribution is -0.117. The molecule has 0 saturated carbocycles. The SMILES string of the molecule is COc1ccc(S(=O)(=O)N[C@H](C)C(=O)Nc2ccc(Br)cc2F)cc1Cl. The van der Waals surface area contributed by atoms with E-state index in [-0.39, 0.29) is 15.6 Å². The minimum Gasteiger partial charge on any atom is -0.495 e. The lowest BCUT2D eigenvalue weighted by atomic mass is 10.2. The van der Waals surface area contributed by atoms with Gasteiger partial charge in [-0.05, 0) is 43.3 Å². The van der Waals surface area contributed by atoms with Crippen LogP contribution in [0.4, 0.5) is 10.1 Å². The number of hydrogen-bond acceptors (Lipinski definition) is 4. The molecule has 6 nitrogen and oxygen atoms in total. The number of methoxy groups -OCH3 is 1. The maximum atomic E-state index is 13.8. The molecule has 1 amide bonds. The second-order valence-corrected chi connectivity index (χ2v) is 8.29. The number of carbonyl (C=O) groups excluding carboxylic acids is 1. The van der Waals surface area contributed by atoms with Crippen molar-refractivity contribution in [3.8, 4) is 5.75 Å². The Kier molecular flexibility index (Phi) is 6.62.